The van der Waals surface area contributed by atoms with Crippen molar-refractivity contribution in [3.63, 3.8) is 0 Å². The van der Waals surface area contributed by atoms with Crippen molar-refractivity contribution in [3.8, 4) is 11.3 Å². The lowest BCUT2D eigenvalue weighted by Crippen LogP contribution is -2.48. The molecule has 4 rings (SSSR count). The fourth-order valence-electron chi connectivity index (χ4n) is 4.44. The number of pyridine rings is 1. The number of likely N-dealkylation sites (tertiary alicyclic amines) is 1. The summed E-state index contributed by atoms with van der Waals surface area (Å²) in [6.45, 7) is 10.9. The van der Waals surface area contributed by atoms with Crippen LogP contribution in [0.3, 0.4) is 0 Å². The van der Waals surface area contributed by atoms with Gasteiger partial charge in [-0.05, 0) is 31.2 Å². The van der Waals surface area contributed by atoms with Crippen LogP contribution in [0.5, 0.6) is 0 Å². The predicted molar refractivity (Wildman–Crippen MR) is 98.7 cm³/mol. The van der Waals surface area contributed by atoms with Crippen molar-refractivity contribution < 1.29 is 0 Å². The van der Waals surface area contributed by atoms with Crippen LogP contribution < -0.4 is 5.56 Å². The Morgan fingerprint density at radius 1 is 1.29 bits per heavy atom. The minimum atomic E-state index is 0.141. The Morgan fingerprint density at radius 3 is 2.83 bits per heavy atom. The van der Waals surface area contributed by atoms with E-state index in [1.54, 1.807) is 17.4 Å². The number of aryl methyl sites for hydroxylation is 1. The van der Waals surface area contributed by atoms with Crippen LogP contribution in [0.1, 0.15) is 36.8 Å². The Balaban J connectivity index is 1.72. The molecular weight excluding hydrogens is 318 g/mol. The third-order valence-electron chi connectivity index (χ3n) is 5.27. The standard InChI is InChI=1S/C19H25N3OS/c1-12(2)7-21-8-14-4-16(10-21)17-5-15(6-18(23)22(17)9-14)19-13(3)24-11-20-19/h5-6,11-12,14,16H,4,7-10H2,1-3H3/t14-,16+/m0/s1. The number of piperidine rings is 1. The normalized spacial score (nSPS) is 23.5. The molecule has 2 aliphatic heterocycles. The summed E-state index contributed by atoms with van der Waals surface area (Å²) in [5.41, 5.74) is 5.18. The monoisotopic (exact) mass is 343 g/mol. The molecule has 0 aliphatic carbocycles. The first-order valence-electron chi connectivity index (χ1n) is 8.89. The van der Waals surface area contributed by atoms with E-state index in [0.717, 1.165) is 37.4 Å². The highest BCUT2D eigenvalue weighted by Crippen LogP contribution is 2.37. The maximum Gasteiger partial charge on any atom is 0.251 e. The van der Waals surface area contributed by atoms with E-state index in [1.807, 2.05) is 10.1 Å². The molecule has 4 nitrogen and oxygen atoms in total. The molecule has 2 aromatic heterocycles. The minimum absolute atomic E-state index is 0.141. The van der Waals surface area contributed by atoms with Crippen LogP contribution in [-0.2, 0) is 6.54 Å². The van der Waals surface area contributed by atoms with Crippen LogP contribution in [0.4, 0.5) is 0 Å². The second-order valence-electron chi connectivity index (χ2n) is 7.79. The molecule has 2 bridgehead atoms. The van der Waals surface area contributed by atoms with Crippen molar-refractivity contribution in [1.29, 1.82) is 0 Å². The van der Waals surface area contributed by atoms with Crippen LogP contribution in [0.2, 0.25) is 0 Å². The van der Waals surface area contributed by atoms with E-state index in [9.17, 15) is 4.79 Å². The van der Waals surface area contributed by atoms with Crippen molar-refractivity contribution in [2.24, 2.45) is 11.8 Å². The van der Waals surface area contributed by atoms with E-state index in [1.165, 1.54) is 17.0 Å². The van der Waals surface area contributed by atoms with E-state index in [0.29, 0.717) is 17.8 Å². The van der Waals surface area contributed by atoms with Gasteiger partial charge in [0.2, 0.25) is 0 Å². The van der Waals surface area contributed by atoms with Crippen LogP contribution in [0.15, 0.2) is 22.4 Å². The van der Waals surface area contributed by atoms with E-state index in [4.69, 9.17) is 0 Å². The Bertz CT molecular complexity index is 807. The van der Waals surface area contributed by atoms with E-state index in [2.05, 4.69) is 36.7 Å². The van der Waals surface area contributed by atoms with Gasteiger partial charge < -0.3 is 9.47 Å². The van der Waals surface area contributed by atoms with Gasteiger partial charge in [0.1, 0.15) is 0 Å². The number of thiazole rings is 1. The Kier molecular flexibility index (Phi) is 4.09. The summed E-state index contributed by atoms with van der Waals surface area (Å²) < 4.78 is 2.02. The topological polar surface area (TPSA) is 38.1 Å². The zero-order valence-electron chi connectivity index (χ0n) is 14.7. The number of fused-ring (bicyclic) bond motifs is 4. The summed E-state index contributed by atoms with van der Waals surface area (Å²) in [6, 6.07) is 4.00. The molecule has 2 aliphatic rings. The Morgan fingerprint density at radius 2 is 2.12 bits per heavy atom. The molecule has 2 atom stereocenters. The van der Waals surface area contributed by atoms with Crippen molar-refractivity contribution in [3.05, 3.63) is 38.6 Å². The molecule has 0 amide bonds. The summed E-state index contributed by atoms with van der Waals surface area (Å²) in [4.78, 5) is 21.0. The zero-order chi connectivity index (χ0) is 16.8. The maximum absolute atomic E-state index is 12.7. The largest absolute Gasteiger partial charge is 0.312 e. The lowest BCUT2D eigenvalue weighted by Gasteiger charge is -2.43. The Labute approximate surface area is 147 Å². The van der Waals surface area contributed by atoms with Crippen LogP contribution in [0.25, 0.3) is 11.3 Å². The van der Waals surface area contributed by atoms with Gasteiger partial charge in [0.15, 0.2) is 0 Å². The first-order valence-corrected chi connectivity index (χ1v) is 9.77. The third kappa shape index (κ3) is 2.84. The van der Waals surface area contributed by atoms with Crippen molar-refractivity contribution in [2.75, 3.05) is 19.6 Å². The smallest absolute Gasteiger partial charge is 0.251 e. The van der Waals surface area contributed by atoms with Crippen LogP contribution in [0, 0.1) is 18.8 Å². The van der Waals surface area contributed by atoms with Gasteiger partial charge in [0.25, 0.3) is 5.56 Å². The highest BCUT2D eigenvalue weighted by Gasteiger charge is 2.35. The minimum Gasteiger partial charge on any atom is -0.312 e. The van der Waals surface area contributed by atoms with Gasteiger partial charge in [-0.2, -0.15) is 0 Å². The van der Waals surface area contributed by atoms with Gasteiger partial charge in [-0.25, -0.2) is 4.98 Å². The van der Waals surface area contributed by atoms with Gasteiger partial charge in [0.05, 0.1) is 11.2 Å². The summed E-state index contributed by atoms with van der Waals surface area (Å²) >= 11 is 1.64. The summed E-state index contributed by atoms with van der Waals surface area (Å²) in [5, 5.41) is 0. The second kappa shape index (κ2) is 6.12. The zero-order valence-corrected chi connectivity index (χ0v) is 15.5. The molecule has 0 saturated carbocycles. The van der Waals surface area contributed by atoms with Crippen molar-refractivity contribution >= 4 is 11.3 Å². The van der Waals surface area contributed by atoms with Crippen LogP contribution >= 0.6 is 11.3 Å². The number of nitrogens with zero attached hydrogens (tertiary/aromatic N) is 3. The summed E-state index contributed by atoms with van der Waals surface area (Å²) in [5.74, 6) is 1.78. The number of hydrogen-bond acceptors (Lipinski definition) is 4. The highest BCUT2D eigenvalue weighted by molar-refractivity contribution is 7.10. The number of hydrogen-bond donors (Lipinski definition) is 0. The van der Waals surface area contributed by atoms with Gasteiger partial charge in [-0.3, -0.25) is 4.79 Å². The molecule has 0 aromatic carbocycles. The summed E-state index contributed by atoms with van der Waals surface area (Å²) in [7, 11) is 0. The fraction of sp³-hybridized carbons (Fsp3) is 0.579. The second-order valence-corrected chi connectivity index (χ2v) is 8.84. The molecule has 24 heavy (non-hydrogen) atoms. The molecular formula is C19H25N3OS. The van der Waals surface area contributed by atoms with Crippen molar-refractivity contribution in [1.82, 2.24) is 14.5 Å². The third-order valence-corrected chi connectivity index (χ3v) is 6.03. The van der Waals surface area contributed by atoms with Gasteiger partial charge in [-0.15, -0.1) is 11.3 Å². The van der Waals surface area contributed by atoms with E-state index < -0.39 is 0 Å². The fourth-order valence-corrected chi connectivity index (χ4v) is 5.04. The predicted octanol–water partition coefficient (Wildman–Crippen LogP) is 3.36. The average Bonchev–Trinajstić information content (AvgIpc) is 2.93. The molecule has 1 saturated heterocycles. The molecule has 1 fully saturated rings. The van der Waals surface area contributed by atoms with Gasteiger partial charge in [-0.1, -0.05) is 13.8 Å². The highest BCUT2D eigenvalue weighted by atomic mass is 32.1. The Hall–Kier alpha value is -1.46. The van der Waals surface area contributed by atoms with Crippen molar-refractivity contribution in [2.45, 2.75) is 39.7 Å². The molecule has 128 valence electrons. The molecule has 0 unspecified atom stereocenters. The lowest BCUT2D eigenvalue weighted by molar-refractivity contribution is 0.109. The van der Waals surface area contributed by atoms with E-state index in [-0.39, 0.29) is 5.56 Å². The van der Waals surface area contributed by atoms with Gasteiger partial charge >= 0.3 is 0 Å². The molecule has 4 heterocycles. The quantitative estimate of drug-likeness (QED) is 0.858. The number of rotatable bonds is 3. The SMILES string of the molecule is Cc1scnc1-c1cc2n(c(=O)c1)C[C@H]1C[C@@H]2CN(CC(C)C)C1. The lowest BCUT2D eigenvalue weighted by atomic mass is 9.82. The molecule has 2 aromatic rings. The first-order chi connectivity index (χ1) is 11.5. The molecule has 0 N–H and O–H groups in total. The van der Waals surface area contributed by atoms with Gasteiger partial charge in [0, 0.05) is 54.3 Å². The molecule has 5 heteroatoms. The number of aromatic nitrogens is 2. The maximum atomic E-state index is 12.7. The van der Waals surface area contributed by atoms with E-state index >= 15 is 0 Å². The van der Waals surface area contributed by atoms with Crippen LogP contribution in [-0.4, -0.2) is 34.1 Å². The average molecular weight is 343 g/mol. The molecule has 0 spiro atoms. The first kappa shape index (κ1) is 16.0. The molecule has 0 radical (unpaired) electrons. The summed E-state index contributed by atoms with van der Waals surface area (Å²) in [6.07, 6.45) is 1.22.